The zero-order valence-corrected chi connectivity index (χ0v) is 9.17. The lowest BCUT2D eigenvalue weighted by Crippen LogP contribution is -2.07. The largest absolute Gasteiger partial charge is 0.495 e. The van der Waals surface area contributed by atoms with Crippen LogP contribution in [-0.2, 0) is 4.57 Å². The normalized spacial score (nSPS) is 18.9. The Bertz CT molecular complexity index is 459. The van der Waals surface area contributed by atoms with Gasteiger partial charge in [-0.3, -0.25) is 0 Å². The third kappa shape index (κ3) is 2.10. The van der Waals surface area contributed by atoms with Gasteiger partial charge in [0.2, 0.25) is 0 Å². The molecule has 1 atom stereocenters. The van der Waals surface area contributed by atoms with E-state index in [1.165, 1.54) is 12.1 Å². The molecule has 0 aliphatic rings. The minimum Gasteiger partial charge on any atom is -0.495 e. The summed E-state index contributed by atoms with van der Waals surface area (Å²) >= 11 is 0. The minimum absolute atomic E-state index is 0.0537. The molecule has 1 rings (SSSR count). The van der Waals surface area contributed by atoms with E-state index < -0.39 is 14.2 Å². The summed E-state index contributed by atoms with van der Waals surface area (Å²) in [6.45, 7) is 3.47. The van der Waals surface area contributed by atoms with E-state index in [0.717, 1.165) is 0 Å². The Labute approximate surface area is 88.8 Å². The van der Waals surface area contributed by atoms with Crippen molar-refractivity contribution >= 4 is 18.1 Å². The van der Waals surface area contributed by atoms with Crippen LogP contribution in [0.1, 0.15) is 11.0 Å². The molecule has 0 saturated heterocycles. The number of methoxy groups -OCH3 is 1. The first-order valence-electron chi connectivity index (χ1n) is 5.81. The molecule has 1 aromatic rings. The first-order valence-corrected chi connectivity index (χ1v) is 6.65. The first-order chi connectivity index (χ1) is 7.65. The Balaban J connectivity index is 3.16. The standard InChI is InChI=1S/C10H16NO2P/c1-4-14(3,12)8-5-6-9(11)10(7-8)13-2/h5-7H,4,11H2,1-3H3/i2D3. The molecule has 0 aliphatic heterocycles. The van der Waals surface area contributed by atoms with Crippen molar-refractivity contribution in [2.75, 3.05) is 25.6 Å². The summed E-state index contributed by atoms with van der Waals surface area (Å²) in [7, 11) is -5.02. The molecular weight excluding hydrogens is 197 g/mol. The van der Waals surface area contributed by atoms with Crippen molar-refractivity contribution in [2.24, 2.45) is 0 Å². The van der Waals surface area contributed by atoms with Crippen LogP contribution in [0.5, 0.6) is 5.75 Å². The number of nitrogen functional groups attached to an aromatic ring is 1. The van der Waals surface area contributed by atoms with Crippen LogP contribution in [-0.4, -0.2) is 19.9 Å². The summed E-state index contributed by atoms with van der Waals surface area (Å²) in [5.41, 5.74) is 5.84. The van der Waals surface area contributed by atoms with Gasteiger partial charge in [0.15, 0.2) is 0 Å². The van der Waals surface area contributed by atoms with E-state index in [1.54, 1.807) is 12.7 Å². The van der Waals surface area contributed by atoms with E-state index in [1.807, 2.05) is 6.92 Å². The predicted octanol–water partition coefficient (Wildman–Crippen LogP) is 1.92. The van der Waals surface area contributed by atoms with Gasteiger partial charge in [-0.2, -0.15) is 0 Å². The zero-order chi connectivity index (χ0) is 13.3. The van der Waals surface area contributed by atoms with Crippen molar-refractivity contribution < 1.29 is 13.4 Å². The van der Waals surface area contributed by atoms with Crippen LogP contribution in [0.25, 0.3) is 0 Å². The van der Waals surface area contributed by atoms with Gasteiger partial charge >= 0.3 is 0 Å². The van der Waals surface area contributed by atoms with Crippen LogP contribution in [0.15, 0.2) is 18.2 Å². The number of benzene rings is 1. The van der Waals surface area contributed by atoms with Crippen LogP contribution < -0.4 is 15.8 Å². The molecule has 0 radical (unpaired) electrons. The monoisotopic (exact) mass is 216 g/mol. The van der Waals surface area contributed by atoms with E-state index >= 15 is 0 Å². The van der Waals surface area contributed by atoms with Crippen LogP contribution in [0.4, 0.5) is 5.69 Å². The fourth-order valence-electron chi connectivity index (χ4n) is 1.09. The third-order valence-electron chi connectivity index (χ3n) is 2.26. The fraction of sp³-hybridized carbons (Fsp3) is 0.400. The summed E-state index contributed by atoms with van der Waals surface area (Å²) in [6, 6.07) is 4.61. The average Bonchev–Trinajstić information content (AvgIpc) is 2.19. The Morgan fingerprint density at radius 1 is 1.64 bits per heavy atom. The first kappa shape index (κ1) is 7.36. The summed E-state index contributed by atoms with van der Waals surface area (Å²) in [4.78, 5) is 0. The molecule has 0 saturated carbocycles. The van der Waals surface area contributed by atoms with E-state index in [9.17, 15) is 4.57 Å². The fourth-order valence-corrected chi connectivity index (χ4v) is 2.23. The van der Waals surface area contributed by atoms with Crippen LogP contribution in [0.3, 0.4) is 0 Å². The molecule has 0 heterocycles. The number of nitrogens with two attached hydrogens (primary N) is 1. The van der Waals surface area contributed by atoms with Gasteiger partial charge in [-0.25, -0.2) is 0 Å². The van der Waals surface area contributed by atoms with E-state index in [4.69, 9.17) is 14.6 Å². The lowest BCUT2D eigenvalue weighted by atomic mass is 10.3. The van der Waals surface area contributed by atoms with Crippen molar-refractivity contribution in [3.63, 3.8) is 0 Å². The maximum absolute atomic E-state index is 12.2. The second-order valence-corrected chi connectivity index (χ2v) is 6.59. The Kier molecular flexibility index (Phi) is 2.13. The van der Waals surface area contributed by atoms with Gasteiger partial charge in [-0.1, -0.05) is 6.92 Å². The molecule has 0 amide bonds. The molecule has 0 aliphatic carbocycles. The molecule has 0 bridgehead atoms. The van der Waals surface area contributed by atoms with E-state index in [2.05, 4.69) is 0 Å². The average molecular weight is 216 g/mol. The van der Waals surface area contributed by atoms with Gasteiger partial charge in [0.1, 0.15) is 12.9 Å². The van der Waals surface area contributed by atoms with Gasteiger partial charge in [-0.15, -0.1) is 0 Å². The number of anilines is 1. The molecule has 0 fully saturated rings. The molecule has 1 aromatic carbocycles. The lowest BCUT2D eigenvalue weighted by molar-refractivity contribution is 0.417. The highest BCUT2D eigenvalue weighted by Crippen LogP contribution is 2.40. The summed E-state index contributed by atoms with van der Waals surface area (Å²) < 4.78 is 38.0. The van der Waals surface area contributed by atoms with Crippen LogP contribution >= 0.6 is 7.14 Å². The van der Waals surface area contributed by atoms with Crippen molar-refractivity contribution in [1.29, 1.82) is 0 Å². The molecule has 1 unspecified atom stereocenters. The number of hydrogen-bond acceptors (Lipinski definition) is 3. The molecule has 3 nitrogen and oxygen atoms in total. The van der Waals surface area contributed by atoms with Gasteiger partial charge in [0, 0.05) is 11.5 Å². The SMILES string of the molecule is [2H]C([2H])([2H])Oc1cc(P(C)(=O)CC)ccc1N. The number of hydrogen-bond donors (Lipinski definition) is 1. The highest BCUT2D eigenvalue weighted by atomic mass is 31.2. The van der Waals surface area contributed by atoms with Crippen molar-refractivity contribution in [3.05, 3.63) is 18.2 Å². The van der Waals surface area contributed by atoms with Crippen LogP contribution in [0, 0.1) is 0 Å². The topological polar surface area (TPSA) is 52.3 Å². The summed E-state index contributed by atoms with van der Waals surface area (Å²) in [6.07, 6.45) is 0.504. The maximum atomic E-state index is 12.2. The Morgan fingerprint density at radius 3 is 2.93 bits per heavy atom. The third-order valence-corrected chi connectivity index (χ3v) is 4.83. The molecule has 2 N–H and O–H groups in total. The Hall–Kier alpha value is -0.950. The van der Waals surface area contributed by atoms with Gasteiger partial charge in [0.25, 0.3) is 0 Å². The van der Waals surface area contributed by atoms with Gasteiger partial charge in [0.05, 0.1) is 16.8 Å². The van der Waals surface area contributed by atoms with Crippen molar-refractivity contribution in [3.8, 4) is 5.75 Å². The summed E-state index contributed by atoms with van der Waals surface area (Å²) in [5.74, 6) is 0.0537. The molecule has 0 spiro atoms. The van der Waals surface area contributed by atoms with Gasteiger partial charge < -0.3 is 15.0 Å². The molecule has 14 heavy (non-hydrogen) atoms. The van der Waals surface area contributed by atoms with Crippen molar-refractivity contribution in [2.45, 2.75) is 6.92 Å². The van der Waals surface area contributed by atoms with Crippen LogP contribution in [0.2, 0.25) is 0 Å². The molecule has 4 heteroatoms. The van der Waals surface area contributed by atoms with Gasteiger partial charge in [-0.05, 0) is 24.9 Å². The quantitative estimate of drug-likeness (QED) is 0.620. The van der Waals surface area contributed by atoms with E-state index in [-0.39, 0.29) is 11.4 Å². The molecule has 78 valence electrons. The number of rotatable bonds is 3. The van der Waals surface area contributed by atoms with Crippen molar-refractivity contribution in [1.82, 2.24) is 0 Å². The maximum Gasteiger partial charge on any atom is 0.142 e. The predicted molar refractivity (Wildman–Crippen MR) is 61.1 cm³/mol. The second kappa shape index (κ2) is 4.05. The highest BCUT2D eigenvalue weighted by Gasteiger charge is 2.16. The number of ether oxygens (including phenoxy) is 1. The zero-order valence-electron chi connectivity index (χ0n) is 11.3. The second-order valence-electron chi connectivity index (χ2n) is 3.24. The van der Waals surface area contributed by atoms with E-state index in [0.29, 0.717) is 11.5 Å². The Morgan fingerprint density at radius 2 is 2.36 bits per heavy atom. The molecular formula is C10H16NO2P. The smallest absolute Gasteiger partial charge is 0.142 e. The lowest BCUT2D eigenvalue weighted by Gasteiger charge is -2.13. The summed E-state index contributed by atoms with van der Waals surface area (Å²) in [5, 5.41) is 0.577. The highest BCUT2D eigenvalue weighted by molar-refractivity contribution is 7.70. The minimum atomic E-state index is -2.56. The molecule has 0 aromatic heterocycles.